The second-order valence-electron chi connectivity index (χ2n) is 7.18. The number of anilines is 1. The van der Waals surface area contributed by atoms with Crippen molar-refractivity contribution in [2.45, 2.75) is 23.0 Å². The van der Waals surface area contributed by atoms with Crippen molar-refractivity contribution in [2.75, 3.05) is 26.7 Å². The smallest absolute Gasteiger partial charge is 0.231 e. The molecule has 0 amide bonds. The molecular weight excluding hydrogens is 510 g/mol. The molecule has 3 aliphatic rings. The van der Waals surface area contributed by atoms with Crippen LogP contribution in [0.2, 0.25) is 0 Å². The van der Waals surface area contributed by atoms with Crippen LogP contribution in [0.15, 0.2) is 51.2 Å². The number of hydrogen-bond acceptors (Lipinski definition) is 9. The van der Waals surface area contributed by atoms with Crippen molar-refractivity contribution in [3.63, 3.8) is 0 Å². The van der Waals surface area contributed by atoms with Gasteiger partial charge in [-0.2, -0.15) is 0 Å². The molecule has 11 heteroatoms. The Kier molecular flexibility index (Phi) is 5.90. The molecule has 170 valence electrons. The first kappa shape index (κ1) is 21.7. The molecule has 0 fully saturated rings. The van der Waals surface area contributed by atoms with Crippen molar-refractivity contribution >= 4 is 33.5 Å². The van der Waals surface area contributed by atoms with E-state index in [4.69, 9.17) is 29.7 Å². The van der Waals surface area contributed by atoms with Crippen LogP contribution in [-0.2, 0) is 13.0 Å². The number of aryl methyl sites for hydroxylation is 2. The van der Waals surface area contributed by atoms with Gasteiger partial charge in [-0.1, -0.05) is 6.07 Å². The van der Waals surface area contributed by atoms with Crippen LogP contribution >= 0.6 is 27.7 Å². The summed E-state index contributed by atoms with van der Waals surface area (Å²) in [5.41, 5.74) is 7.77. The van der Waals surface area contributed by atoms with E-state index < -0.39 is 0 Å². The first-order valence-electron chi connectivity index (χ1n) is 10.0. The number of aromatic nitrogens is 4. The van der Waals surface area contributed by atoms with E-state index in [-0.39, 0.29) is 6.79 Å². The van der Waals surface area contributed by atoms with Gasteiger partial charge in [-0.05, 0) is 63.9 Å². The molecule has 33 heavy (non-hydrogen) atoms. The Hall–Kier alpha value is -3.18. The highest BCUT2D eigenvalue weighted by Crippen LogP contribution is 2.43. The normalized spacial score (nSPS) is 12.3. The van der Waals surface area contributed by atoms with Crippen LogP contribution in [0.4, 0.5) is 5.82 Å². The second kappa shape index (κ2) is 8.99. The van der Waals surface area contributed by atoms with Crippen LogP contribution in [0.3, 0.4) is 0 Å². The molecule has 0 spiro atoms. The summed E-state index contributed by atoms with van der Waals surface area (Å²) in [6.07, 6.45) is 2.44. The number of nitrogens with zero attached hydrogens (tertiary/aromatic N) is 4. The minimum atomic E-state index is 0.217. The molecule has 2 aromatic rings. The average Bonchev–Trinajstić information content (AvgIpc) is 3.46. The van der Waals surface area contributed by atoms with Crippen LogP contribution in [0.5, 0.6) is 23.0 Å². The first-order chi connectivity index (χ1) is 16.1. The number of hydrogen-bond donors (Lipinski definition) is 1. The van der Waals surface area contributed by atoms with Crippen molar-refractivity contribution in [3.8, 4) is 34.5 Å². The summed E-state index contributed by atoms with van der Waals surface area (Å²) in [4.78, 5) is 14.6. The number of benzene rings is 2. The number of ether oxygens (including phenoxy) is 4. The number of nitrogen functional groups attached to an aromatic ring is 1. The molecule has 0 radical (unpaired) electrons. The number of halogens is 1. The lowest BCUT2D eigenvalue weighted by atomic mass is 10.1. The maximum atomic E-state index is 6.10. The lowest BCUT2D eigenvalue weighted by Gasteiger charge is -2.12. The molecule has 0 atom stereocenters. The van der Waals surface area contributed by atoms with E-state index in [2.05, 4.69) is 25.9 Å². The van der Waals surface area contributed by atoms with Gasteiger partial charge < -0.3 is 29.2 Å². The van der Waals surface area contributed by atoms with Crippen LogP contribution in [0, 0.1) is 0 Å². The number of fused-ring (bicyclic) bond motifs is 2. The molecule has 0 aliphatic carbocycles. The van der Waals surface area contributed by atoms with E-state index in [1.807, 2.05) is 34.9 Å². The quantitative estimate of drug-likeness (QED) is 0.375. The van der Waals surface area contributed by atoms with E-state index in [0.717, 1.165) is 21.4 Å². The van der Waals surface area contributed by atoms with E-state index in [9.17, 15) is 0 Å². The van der Waals surface area contributed by atoms with Gasteiger partial charge in [0.15, 0.2) is 45.5 Å². The van der Waals surface area contributed by atoms with Gasteiger partial charge in [0.1, 0.15) is 0 Å². The Morgan fingerprint density at radius 3 is 2.67 bits per heavy atom. The topological polar surface area (TPSA) is 107 Å². The van der Waals surface area contributed by atoms with Gasteiger partial charge >= 0.3 is 0 Å². The fraction of sp³-hybridized carbons (Fsp3) is 0.227. The van der Waals surface area contributed by atoms with Crippen LogP contribution in [0.1, 0.15) is 5.56 Å². The monoisotopic (exact) mass is 529 g/mol. The van der Waals surface area contributed by atoms with Crippen LogP contribution < -0.4 is 24.7 Å². The molecule has 0 saturated carbocycles. The zero-order valence-corrected chi connectivity index (χ0v) is 20.3. The number of methoxy groups -OCH3 is 2. The highest BCUT2D eigenvalue weighted by Gasteiger charge is 2.22. The van der Waals surface area contributed by atoms with Crippen LogP contribution in [0.25, 0.3) is 11.5 Å². The maximum Gasteiger partial charge on any atom is 0.231 e. The minimum absolute atomic E-state index is 0.217. The third-order valence-electron chi connectivity index (χ3n) is 5.19. The summed E-state index contributed by atoms with van der Waals surface area (Å²) in [7, 11) is 3.25. The third-order valence-corrected chi connectivity index (χ3v) is 7.03. The largest absolute Gasteiger partial charge is 0.493 e. The lowest BCUT2D eigenvalue weighted by molar-refractivity contribution is 0.174. The summed E-state index contributed by atoms with van der Waals surface area (Å²) in [6, 6.07) is 9.67. The Morgan fingerprint density at radius 2 is 1.88 bits per heavy atom. The SMILES string of the molecule is COc1ccc(CCn2cnc(N)c3nc(Sc4cc5c(cc4Br)OCO5)nc2-3)cc1OC. The van der Waals surface area contributed by atoms with Crippen molar-refractivity contribution in [1.29, 1.82) is 0 Å². The Bertz CT molecular complexity index is 1300. The molecule has 0 bridgehead atoms. The zero-order chi connectivity index (χ0) is 22.9. The van der Waals surface area contributed by atoms with E-state index >= 15 is 0 Å². The fourth-order valence-electron chi connectivity index (χ4n) is 3.50. The molecule has 5 rings (SSSR count). The van der Waals surface area contributed by atoms with E-state index in [1.54, 1.807) is 20.5 Å². The predicted octanol–water partition coefficient (Wildman–Crippen LogP) is 4.26. The van der Waals surface area contributed by atoms with E-state index in [0.29, 0.717) is 52.0 Å². The van der Waals surface area contributed by atoms with Gasteiger partial charge in [0.05, 0.1) is 20.5 Å². The zero-order valence-electron chi connectivity index (χ0n) is 17.9. The highest BCUT2D eigenvalue weighted by atomic mass is 79.9. The standard InChI is InChI=1S/C22H20BrN5O4S/c1-29-14-4-3-12(7-15(14)30-2)5-6-28-10-25-20(24)19-21(28)27-22(26-19)33-18-9-17-16(8-13(18)23)31-11-32-17/h3-4,7-10H,5-6,11,24H2,1-2H3. The van der Waals surface area contributed by atoms with Crippen molar-refractivity contribution < 1.29 is 18.9 Å². The first-order valence-corrected chi connectivity index (χ1v) is 11.6. The summed E-state index contributed by atoms with van der Waals surface area (Å²) in [5.74, 6) is 3.83. The Morgan fingerprint density at radius 1 is 1.09 bits per heavy atom. The molecule has 0 aromatic heterocycles. The highest BCUT2D eigenvalue weighted by molar-refractivity contribution is 9.10. The van der Waals surface area contributed by atoms with Gasteiger partial charge in [-0.3, -0.25) is 0 Å². The summed E-state index contributed by atoms with van der Waals surface area (Å²) in [5, 5.41) is 0.573. The Labute approximate surface area is 202 Å². The molecule has 0 saturated heterocycles. The molecule has 0 unspecified atom stereocenters. The number of nitrogens with two attached hydrogens (primary N) is 1. The van der Waals surface area contributed by atoms with Crippen molar-refractivity contribution in [1.82, 2.24) is 19.5 Å². The molecule has 9 nitrogen and oxygen atoms in total. The summed E-state index contributed by atoms with van der Waals surface area (Å²) < 4.78 is 24.5. The Balaban J connectivity index is 1.40. The second-order valence-corrected chi connectivity index (χ2v) is 9.04. The molecule has 3 heterocycles. The van der Waals surface area contributed by atoms with Gasteiger partial charge in [0, 0.05) is 15.9 Å². The lowest BCUT2D eigenvalue weighted by Crippen LogP contribution is -2.10. The van der Waals surface area contributed by atoms with Gasteiger partial charge in [0.2, 0.25) is 6.79 Å². The van der Waals surface area contributed by atoms with Crippen molar-refractivity contribution in [3.05, 3.63) is 46.7 Å². The predicted molar refractivity (Wildman–Crippen MR) is 126 cm³/mol. The molecule has 3 aliphatic heterocycles. The minimum Gasteiger partial charge on any atom is -0.493 e. The average molecular weight is 530 g/mol. The van der Waals surface area contributed by atoms with E-state index in [1.165, 1.54) is 11.8 Å². The number of rotatable bonds is 7. The summed E-state index contributed by atoms with van der Waals surface area (Å²) >= 11 is 4.99. The van der Waals surface area contributed by atoms with Crippen molar-refractivity contribution in [2.24, 2.45) is 0 Å². The summed E-state index contributed by atoms with van der Waals surface area (Å²) in [6.45, 7) is 0.866. The van der Waals surface area contributed by atoms with Gasteiger partial charge in [-0.15, -0.1) is 0 Å². The van der Waals surface area contributed by atoms with Gasteiger partial charge in [0.25, 0.3) is 0 Å². The van der Waals surface area contributed by atoms with Gasteiger partial charge in [-0.25, -0.2) is 15.0 Å². The molecule has 2 N–H and O–H groups in total. The van der Waals surface area contributed by atoms with Crippen LogP contribution in [-0.4, -0.2) is 40.5 Å². The maximum absolute atomic E-state index is 6.10. The third kappa shape index (κ3) is 4.25. The fourth-order valence-corrected chi connectivity index (χ4v) is 4.86. The molecular formula is C22H20BrN5O4S. The number of imidazole rings is 1. The molecule has 2 aromatic carbocycles.